The van der Waals surface area contributed by atoms with Crippen molar-refractivity contribution >= 4 is 185 Å². The van der Waals surface area contributed by atoms with Crippen LogP contribution in [0.1, 0.15) is 0 Å². The van der Waals surface area contributed by atoms with Gasteiger partial charge in [0, 0.05) is 0 Å². The number of hydrogen-bond acceptors (Lipinski definition) is 5. The van der Waals surface area contributed by atoms with Gasteiger partial charge in [-0.25, -0.2) is 0 Å². The molecule has 0 rings (SSSR count). The van der Waals surface area contributed by atoms with Crippen molar-refractivity contribution in [2.75, 3.05) is 0 Å². The van der Waals surface area contributed by atoms with E-state index in [-0.39, 0.29) is 151 Å². The summed E-state index contributed by atoms with van der Waals surface area (Å²) < 4.78 is 51.9. The molecule has 0 bridgehead atoms. The molecule has 2 atom stereocenters. The molecule has 0 radical (unpaired) electrons. The average molecular weight is 379 g/mol. The van der Waals surface area contributed by atoms with Gasteiger partial charge < -0.3 is 0 Å². The number of hydrogen-bond donors (Lipinski definition) is 2. The Bertz CT molecular complexity index is 164. The van der Waals surface area contributed by atoms with E-state index in [1.54, 1.807) is 0 Å². The Balaban J connectivity index is -0.0000000675. The van der Waals surface area contributed by atoms with Gasteiger partial charge in [-0.1, -0.05) is 0 Å². The summed E-state index contributed by atoms with van der Waals surface area (Å²) in [5, 5.41) is 0. The molecule has 0 aliphatic carbocycles. The van der Waals surface area contributed by atoms with Crippen LogP contribution in [0.3, 0.4) is 0 Å². The topological polar surface area (TPSA) is 110 Å². The third-order valence-electron chi connectivity index (χ3n) is 0.228. The van der Waals surface area contributed by atoms with Crippen molar-refractivity contribution < 1.29 is 29.0 Å². The normalized spacial score (nSPS) is 14.1. The maximum atomic E-state index is 10.0. The molecule has 0 aromatic heterocycles. The third kappa shape index (κ3) is 26.0. The van der Waals surface area contributed by atoms with E-state index in [9.17, 15) is 12.6 Å². The van der Waals surface area contributed by atoms with Crippen molar-refractivity contribution in [2.45, 2.75) is 0 Å². The van der Waals surface area contributed by atoms with Gasteiger partial charge in [0.2, 0.25) is 0 Å². The van der Waals surface area contributed by atoms with E-state index in [4.69, 9.17) is 9.11 Å². The first-order chi connectivity index (χ1) is 4.52. The predicted molar refractivity (Wildman–Crippen MR) is 66.0 cm³/mol. The molecule has 0 aliphatic rings. The van der Waals surface area contributed by atoms with E-state index in [1.165, 1.54) is 0 Å². The second-order valence-corrected chi connectivity index (χ2v) is 3.14. The molecule has 0 aromatic carbocycles. The van der Waals surface area contributed by atoms with Crippen LogP contribution in [-0.2, 0) is 41.3 Å². The average Bonchev–Trinajstić information content (AvgIpc) is 1.58. The first-order valence-corrected chi connectivity index (χ1v) is 4.60. The van der Waals surface area contributed by atoms with Crippen LogP contribution in [-0.4, -0.2) is 173 Å². The van der Waals surface area contributed by atoms with Crippen LogP contribution in [0.2, 0.25) is 0 Å². The Kier molecular flexibility index (Phi) is 46.6. The molecule has 2 unspecified atom stereocenters. The molecule has 14 heavy (non-hydrogen) atoms. The van der Waals surface area contributed by atoms with Gasteiger partial charge in [0.05, 0.1) is 0 Å². The Morgan fingerprint density at radius 2 is 0.929 bits per heavy atom. The van der Waals surface area contributed by atoms with Gasteiger partial charge in [0.1, 0.15) is 0 Å². The van der Waals surface area contributed by atoms with Gasteiger partial charge >= 0.3 is 185 Å². The van der Waals surface area contributed by atoms with E-state index in [0.717, 1.165) is 0 Å². The van der Waals surface area contributed by atoms with Crippen molar-refractivity contribution in [3.63, 3.8) is 0 Å². The Labute approximate surface area is 208 Å². The first kappa shape index (κ1) is 31.6. The van der Waals surface area contributed by atoms with E-state index in [1.807, 2.05) is 0 Å². The molecular formula is H10Ca4O7S3. The second-order valence-electron chi connectivity index (χ2n) is 0.774. The van der Waals surface area contributed by atoms with Crippen LogP contribution < -0.4 is 0 Å². The number of rotatable bonds is 4. The van der Waals surface area contributed by atoms with E-state index in [0.29, 0.717) is 0 Å². The van der Waals surface area contributed by atoms with Gasteiger partial charge in [-0.05, 0) is 0 Å². The van der Waals surface area contributed by atoms with E-state index in [2.05, 4.69) is 7.26 Å². The molecular weight excluding hydrogens is 369 g/mol. The molecule has 0 heterocycles. The molecule has 0 spiro atoms. The van der Waals surface area contributed by atoms with Crippen LogP contribution >= 0.6 is 0 Å². The van der Waals surface area contributed by atoms with Gasteiger partial charge in [-0.2, -0.15) is 12.6 Å². The van der Waals surface area contributed by atoms with Gasteiger partial charge in [0.25, 0.3) is 0 Å². The summed E-state index contributed by atoms with van der Waals surface area (Å²) in [6.07, 6.45) is 0. The molecule has 0 amide bonds. The van der Waals surface area contributed by atoms with Crippen molar-refractivity contribution in [2.24, 2.45) is 0 Å². The fourth-order valence-corrected chi connectivity index (χ4v) is 1.16. The van der Waals surface area contributed by atoms with Crippen LogP contribution in [0.25, 0.3) is 0 Å². The molecule has 0 saturated heterocycles. The predicted octanol–water partition coefficient (Wildman–Crippen LogP) is -4.79. The molecule has 7 nitrogen and oxygen atoms in total. The molecule has 0 aliphatic heterocycles. The van der Waals surface area contributed by atoms with Crippen molar-refractivity contribution in [3.8, 4) is 0 Å². The summed E-state index contributed by atoms with van der Waals surface area (Å²) in [7, 11) is 0. The zero-order chi connectivity index (χ0) is 8.15. The monoisotopic (exact) mass is 378 g/mol. The van der Waals surface area contributed by atoms with Crippen LogP contribution in [0.5, 0.6) is 0 Å². The summed E-state index contributed by atoms with van der Waals surface area (Å²) in [4.78, 5) is 0. The quantitative estimate of drug-likeness (QED) is 0.373. The fourth-order valence-electron chi connectivity index (χ4n) is 0.106. The minimum atomic E-state index is -2.78. The second kappa shape index (κ2) is 20.6. The van der Waals surface area contributed by atoms with Crippen LogP contribution in [0.4, 0.5) is 0 Å². The van der Waals surface area contributed by atoms with Crippen molar-refractivity contribution in [3.05, 3.63) is 0 Å². The molecule has 2 N–H and O–H groups in total. The summed E-state index contributed by atoms with van der Waals surface area (Å²) in [5.41, 5.74) is 0. The summed E-state index contributed by atoms with van der Waals surface area (Å²) in [6.45, 7) is 0. The fraction of sp³-hybridized carbons (Fsp3) is 0. The van der Waals surface area contributed by atoms with Gasteiger partial charge in [-0.3, -0.25) is 9.11 Å². The standard InChI is InChI=1S/4Ca.H2O7S3.8H/c;;;;1-8(2)6-10(5)7-9(3)4;;;;;;;;/h;;;;(H,1,2)(H,3,4);;;;;;;;. The summed E-state index contributed by atoms with van der Waals surface area (Å²) >= 11 is -8.25. The molecule has 0 saturated carbocycles. The molecule has 78 valence electrons. The Morgan fingerprint density at radius 1 is 0.714 bits per heavy atom. The van der Waals surface area contributed by atoms with Crippen LogP contribution in [0.15, 0.2) is 0 Å². The summed E-state index contributed by atoms with van der Waals surface area (Å²) in [6, 6.07) is 0. The Hall–Kier alpha value is 5.33. The minimum absolute atomic E-state index is 0. The summed E-state index contributed by atoms with van der Waals surface area (Å²) in [5.74, 6) is 0. The maximum absolute atomic E-state index is 10.0. The van der Waals surface area contributed by atoms with Crippen LogP contribution in [0, 0.1) is 0 Å². The first-order valence-electron chi connectivity index (χ1n) is 1.53. The molecule has 0 aromatic rings. The van der Waals surface area contributed by atoms with E-state index >= 15 is 0 Å². The molecule has 14 heteroatoms. The molecule has 0 fully saturated rings. The van der Waals surface area contributed by atoms with E-state index < -0.39 is 34.1 Å². The van der Waals surface area contributed by atoms with Gasteiger partial charge in [0.15, 0.2) is 0 Å². The van der Waals surface area contributed by atoms with Gasteiger partial charge in [-0.15, -0.1) is 7.26 Å². The van der Waals surface area contributed by atoms with Crippen molar-refractivity contribution in [1.82, 2.24) is 0 Å². The zero-order valence-corrected chi connectivity index (χ0v) is 6.61. The SMILES string of the molecule is O=S(O)OS(=O)OS(=O)O.[CaH2].[CaH2].[CaH2].[CaH2]. The Morgan fingerprint density at radius 3 is 1.07 bits per heavy atom. The zero-order valence-electron chi connectivity index (χ0n) is 4.16. The third-order valence-corrected chi connectivity index (χ3v) is 2.05. The van der Waals surface area contributed by atoms with Crippen molar-refractivity contribution in [1.29, 1.82) is 0 Å².